The Bertz CT molecular complexity index is 2540. The summed E-state index contributed by atoms with van der Waals surface area (Å²) in [6.45, 7) is 1.43. The second kappa shape index (κ2) is 16.6. The molecule has 3 fully saturated rings. The monoisotopic (exact) mass is 840 g/mol. The fourth-order valence-electron chi connectivity index (χ4n) is 8.07. The van der Waals surface area contributed by atoms with Crippen LogP contribution >= 0.6 is 11.6 Å². The van der Waals surface area contributed by atoms with E-state index in [4.69, 9.17) is 42.0 Å². The van der Waals surface area contributed by atoms with Crippen molar-refractivity contribution in [2.75, 3.05) is 39.2 Å². The molecule has 3 aliphatic rings. The number of halogens is 2. The number of ether oxygens (including phenoxy) is 4. The molecular weight excluding hydrogens is 799 g/mol. The van der Waals surface area contributed by atoms with Gasteiger partial charge in [0.25, 0.3) is 11.8 Å². The third-order valence-electron chi connectivity index (χ3n) is 11.4. The number of anilines is 1. The number of likely N-dealkylation sites (tertiary alicyclic amines) is 1. The van der Waals surface area contributed by atoms with E-state index in [1.165, 1.54) is 50.7 Å². The lowest BCUT2D eigenvalue weighted by Crippen LogP contribution is -2.50. The smallest absolute Gasteiger partial charge is 0.321 e. The van der Waals surface area contributed by atoms with Crippen molar-refractivity contribution in [2.24, 2.45) is 29.2 Å². The van der Waals surface area contributed by atoms with Gasteiger partial charge in [-0.3, -0.25) is 19.6 Å². The standard InChI is InChI=1S/C42H42ClFN8O8/c1-57-35-16-29-24(13-26(35)39(45)53)32(5-8-47-29)59-19-20-11-22(12-20)49-41(55)50-31-15-23(31)21-7-10-52(18-21)42(56)51-28-3-4-34(38(44)37(28)43)60-33-6-9-48-30-17-36(58-2)27(40(46)54)14-25(30)33/h3-6,8-9,13-14,16-17,20-23,31H,7,10-12,15,18-19H2,1-2H3,(H2,45,53)(H2,46,54)(H,51,56)(H2,49,50,55). The number of nitrogens with zero attached hydrogens (tertiary/aromatic N) is 3. The van der Waals surface area contributed by atoms with Crippen LogP contribution in [0.5, 0.6) is 28.7 Å². The van der Waals surface area contributed by atoms with Crippen LogP contribution in [0, 0.1) is 23.6 Å². The van der Waals surface area contributed by atoms with E-state index in [9.17, 15) is 19.2 Å². The lowest BCUT2D eigenvalue weighted by molar-refractivity contribution is 0.0989. The second-order valence-electron chi connectivity index (χ2n) is 15.2. The Kier molecular flexibility index (Phi) is 11.1. The average Bonchev–Trinajstić information content (AvgIpc) is 3.80. The number of carbonyl (C=O) groups is 4. The molecule has 7 N–H and O–H groups in total. The first-order valence-electron chi connectivity index (χ1n) is 19.3. The van der Waals surface area contributed by atoms with E-state index in [-0.39, 0.29) is 75.0 Å². The fraction of sp³-hybridized carbons (Fsp3) is 0.333. The molecule has 312 valence electrons. The minimum atomic E-state index is -0.889. The number of fused-ring (bicyclic) bond motifs is 2. The molecule has 3 atom stereocenters. The Morgan fingerprint density at radius 3 is 2.10 bits per heavy atom. The minimum absolute atomic E-state index is 0.0131. The first-order chi connectivity index (χ1) is 28.9. The van der Waals surface area contributed by atoms with Crippen LogP contribution in [0.1, 0.15) is 46.4 Å². The van der Waals surface area contributed by atoms with Crippen LogP contribution < -0.4 is 46.4 Å². The van der Waals surface area contributed by atoms with Crippen LogP contribution in [0.4, 0.5) is 19.7 Å². The molecule has 0 spiro atoms. The molecule has 16 nitrogen and oxygen atoms in total. The van der Waals surface area contributed by atoms with Crippen molar-refractivity contribution < 1.29 is 42.5 Å². The number of hydrogen-bond acceptors (Lipinski definition) is 10. The molecule has 8 rings (SSSR count). The van der Waals surface area contributed by atoms with Gasteiger partial charge >= 0.3 is 12.1 Å². The molecule has 2 saturated carbocycles. The highest BCUT2D eigenvalue weighted by atomic mass is 35.5. The van der Waals surface area contributed by atoms with Gasteiger partial charge in [0, 0.05) is 60.5 Å². The molecule has 3 unspecified atom stereocenters. The largest absolute Gasteiger partial charge is 0.496 e. The predicted octanol–water partition coefficient (Wildman–Crippen LogP) is 5.98. The maximum Gasteiger partial charge on any atom is 0.321 e. The first kappa shape index (κ1) is 40.2. The number of primary amides is 2. The van der Waals surface area contributed by atoms with Gasteiger partial charge in [-0.05, 0) is 79.8 Å². The topological polar surface area (TPSA) is 222 Å². The summed E-state index contributed by atoms with van der Waals surface area (Å²) in [5.74, 6) is -0.374. The highest BCUT2D eigenvalue weighted by molar-refractivity contribution is 6.34. The van der Waals surface area contributed by atoms with Crippen molar-refractivity contribution in [3.8, 4) is 28.7 Å². The van der Waals surface area contributed by atoms with E-state index in [2.05, 4.69) is 25.9 Å². The van der Waals surface area contributed by atoms with Crippen molar-refractivity contribution in [3.63, 3.8) is 0 Å². The predicted molar refractivity (Wildman–Crippen MR) is 219 cm³/mol. The van der Waals surface area contributed by atoms with Crippen LogP contribution in [-0.2, 0) is 0 Å². The van der Waals surface area contributed by atoms with Gasteiger partial charge in [-0.1, -0.05) is 11.6 Å². The van der Waals surface area contributed by atoms with Crippen molar-refractivity contribution in [3.05, 3.63) is 82.9 Å². The van der Waals surface area contributed by atoms with E-state index in [1.807, 2.05) is 0 Å². The molecule has 2 aliphatic carbocycles. The summed E-state index contributed by atoms with van der Waals surface area (Å²) in [7, 11) is 2.87. The minimum Gasteiger partial charge on any atom is -0.496 e. The van der Waals surface area contributed by atoms with Crippen molar-refractivity contribution in [2.45, 2.75) is 37.8 Å². The number of benzene rings is 3. The van der Waals surface area contributed by atoms with Crippen LogP contribution in [0.2, 0.25) is 5.02 Å². The molecular formula is C42H42ClFN8O8. The lowest BCUT2D eigenvalue weighted by atomic mass is 9.81. The zero-order valence-corrected chi connectivity index (χ0v) is 33.4. The molecule has 3 heterocycles. The van der Waals surface area contributed by atoms with Gasteiger partial charge in [0.05, 0.1) is 48.7 Å². The summed E-state index contributed by atoms with van der Waals surface area (Å²) in [6.07, 6.45) is 6.21. The third kappa shape index (κ3) is 8.16. The van der Waals surface area contributed by atoms with E-state index in [0.717, 1.165) is 25.7 Å². The molecule has 0 bridgehead atoms. The Balaban J connectivity index is 0.784. The molecule has 5 aromatic rings. The zero-order valence-electron chi connectivity index (χ0n) is 32.6. The number of carbonyl (C=O) groups excluding carboxylic acids is 4. The van der Waals surface area contributed by atoms with Gasteiger partial charge < -0.3 is 51.3 Å². The third-order valence-corrected chi connectivity index (χ3v) is 11.8. The number of pyridine rings is 2. The lowest BCUT2D eigenvalue weighted by Gasteiger charge is -2.35. The first-order valence-corrected chi connectivity index (χ1v) is 19.7. The quantitative estimate of drug-likeness (QED) is 0.0933. The van der Waals surface area contributed by atoms with E-state index in [0.29, 0.717) is 53.0 Å². The summed E-state index contributed by atoms with van der Waals surface area (Å²) in [6, 6.07) is 11.7. The number of nitrogens with one attached hydrogen (secondary N) is 3. The van der Waals surface area contributed by atoms with Gasteiger partial charge in [-0.2, -0.15) is 0 Å². The van der Waals surface area contributed by atoms with Crippen LogP contribution in [0.3, 0.4) is 0 Å². The van der Waals surface area contributed by atoms with Crippen molar-refractivity contribution in [1.29, 1.82) is 0 Å². The summed E-state index contributed by atoms with van der Waals surface area (Å²) < 4.78 is 38.1. The fourth-order valence-corrected chi connectivity index (χ4v) is 8.27. The Morgan fingerprint density at radius 2 is 1.47 bits per heavy atom. The zero-order chi connectivity index (χ0) is 42.2. The molecule has 60 heavy (non-hydrogen) atoms. The van der Waals surface area contributed by atoms with E-state index in [1.54, 1.807) is 29.3 Å². The second-order valence-corrected chi connectivity index (χ2v) is 15.6. The summed E-state index contributed by atoms with van der Waals surface area (Å²) in [5.41, 5.74) is 12.5. The van der Waals surface area contributed by atoms with Crippen LogP contribution in [0.25, 0.3) is 21.8 Å². The van der Waals surface area contributed by atoms with E-state index < -0.39 is 23.7 Å². The average molecular weight is 841 g/mol. The van der Waals surface area contributed by atoms with Crippen LogP contribution in [-0.4, -0.2) is 84.7 Å². The van der Waals surface area contributed by atoms with Crippen molar-refractivity contribution >= 4 is 63.0 Å². The Labute approximate surface area is 348 Å². The van der Waals surface area contributed by atoms with Gasteiger partial charge in [0.15, 0.2) is 11.6 Å². The SMILES string of the molecule is COc1cc2nccc(OCC3CC(NC(=O)NC4CC4C4CCN(C(=O)Nc5ccc(Oc6ccnc7cc(OC)c(C(N)=O)cc67)c(F)c5Cl)C4)C3)c2cc1C(N)=O. The summed E-state index contributed by atoms with van der Waals surface area (Å²) >= 11 is 6.39. The molecule has 18 heteroatoms. The number of aromatic nitrogens is 2. The molecule has 1 saturated heterocycles. The maximum absolute atomic E-state index is 15.6. The molecule has 3 aromatic carbocycles. The van der Waals surface area contributed by atoms with Crippen LogP contribution in [0.15, 0.2) is 60.9 Å². The van der Waals surface area contributed by atoms with Gasteiger partial charge in [0.2, 0.25) is 0 Å². The summed E-state index contributed by atoms with van der Waals surface area (Å²) in [5, 5.41) is 9.58. The van der Waals surface area contributed by atoms with Gasteiger partial charge in [-0.25, -0.2) is 14.0 Å². The number of urea groups is 2. The van der Waals surface area contributed by atoms with E-state index >= 15 is 4.39 Å². The molecule has 1 aliphatic heterocycles. The molecule has 0 radical (unpaired) electrons. The Hall–Kier alpha value is -6.62. The number of hydrogen-bond donors (Lipinski definition) is 5. The number of methoxy groups -OCH3 is 2. The molecule has 6 amide bonds. The summed E-state index contributed by atoms with van der Waals surface area (Å²) in [4.78, 5) is 60.3. The normalized spacial score (nSPS) is 20.5. The number of nitrogens with two attached hydrogens (primary N) is 2. The van der Waals surface area contributed by atoms with Crippen molar-refractivity contribution in [1.82, 2.24) is 25.5 Å². The highest BCUT2D eigenvalue weighted by Crippen LogP contribution is 2.43. The highest BCUT2D eigenvalue weighted by Gasteiger charge is 2.47. The van der Waals surface area contributed by atoms with Gasteiger partial charge in [0.1, 0.15) is 28.0 Å². The Morgan fingerprint density at radius 1 is 0.833 bits per heavy atom. The maximum atomic E-state index is 15.6. The number of amides is 6. The number of rotatable bonds is 13. The molecule has 2 aromatic heterocycles. The van der Waals surface area contributed by atoms with Gasteiger partial charge in [-0.15, -0.1) is 0 Å².